The standard InChI is InChI=1S/C17H20NOP/c19-20(15-18-13-7-8-14-18,16-9-3-1-4-10-16)17-11-5-2-6-12-17/h1-6,9-12H,7-8,13-15H2. The summed E-state index contributed by atoms with van der Waals surface area (Å²) in [4.78, 5) is 2.35. The highest BCUT2D eigenvalue weighted by Gasteiger charge is 2.30. The molecule has 0 atom stereocenters. The van der Waals surface area contributed by atoms with Crippen LogP contribution in [0, 0.1) is 0 Å². The third kappa shape index (κ3) is 2.72. The lowest BCUT2D eigenvalue weighted by Crippen LogP contribution is -2.28. The monoisotopic (exact) mass is 285 g/mol. The average molecular weight is 285 g/mol. The predicted molar refractivity (Wildman–Crippen MR) is 85.4 cm³/mol. The van der Waals surface area contributed by atoms with Gasteiger partial charge in [-0.15, -0.1) is 0 Å². The zero-order valence-corrected chi connectivity index (χ0v) is 12.5. The molecule has 0 aromatic heterocycles. The van der Waals surface area contributed by atoms with Crippen LogP contribution in [0.25, 0.3) is 0 Å². The molecule has 0 amide bonds. The lowest BCUT2D eigenvalue weighted by Gasteiger charge is -2.25. The Kier molecular flexibility index (Phi) is 4.05. The van der Waals surface area contributed by atoms with Crippen LogP contribution in [0.5, 0.6) is 0 Å². The molecule has 1 aliphatic heterocycles. The Labute approximate surface area is 120 Å². The third-order valence-electron chi connectivity index (χ3n) is 3.94. The van der Waals surface area contributed by atoms with E-state index in [2.05, 4.69) is 4.90 Å². The second-order valence-corrected chi connectivity index (χ2v) is 8.17. The van der Waals surface area contributed by atoms with Crippen LogP contribution in [0.1, 0.15) is 12.8 Å². The minimum Gasteiger partial charge on any atom is -0.312 e. The summed E-state index contributed by atoms with van der Waals surface area (Å²) >= 11 is 0. The van der Waals surface area contributed by atoms with Crippen molar-refractivity contribution in [2.75, 3.05) is 19.4 Å². The molecule has 1 heterocycles. The fourth-order valence-electron chi connectivity index (χ4n) is 2.86. The molecule has 0 radical (unpaired) electrons. The van der Waals surface area contributed by atoms with E-state index in [9.17, 15) is 4.57 Å². The first-order valence-corrected chi connectivity index (χ1v) is 9.11. The number of benzene rings is 2. The summed E-state index contributed by atoms with van der Waals surface area (Å²) in [6, 6.07) is 19.9. The molecule has 0 N–H and O–H groups in total. The summed E-state index contributed by atoms with van der Waals surface area (Å²) in [6.07, 6.45) is 3.12. The van der Waals surface area contributed by atoms with Crippen LogP contribution in [-0.4, -0.2) is 24.3 Å². The number of hydrogen-bond donors (Lipinski definition) is 0. The van der Waals surface area contributed by atoms with Crippen LogP contribution in [0.2, 0.25) is 0 Å². The van der Waals surface area contributed by atoms with E-state index in [0.29, 0.717) is 6.29 Å². The smallest absolute Gasteiger partial charge is 0.156 e. The average Bonchev–Trinajstić information content (AvgIpc) is 3.02. The first-order chi connectivity index (χ1) is 9.79. The largest absolute Gasteiger partial charge is 0.312 e. The van der Waals surface area contributed by atoms with Gasteiger partial charge in [0.15, 0.2) is 7.14 Å². The van der Waals surface area contributed by atoms with E-state index in [1.54, 1.807) is 0 Å². The Morgan fingerprint density at radius 1 is 0.800 bits per heavy atom. The van der Waals surface area contributed by atoms with Gasteiger partial charge in [0.1, 0.15) is 0 Å². The second kappa shape index (κ2) is 5.95. The Bertz CT molecular complexity index is 547. The highest BCUT2D eigenvalue weighted by atomic mass is 31.2. The highest BCUT2D eigenvalue weighted by Crippen LogP contribution is 2.44. The van der Waals surface area contributed by atoms with E-state index < -0.39 is 7.14 Å². The SMILES string of the molecule is O=P(CN1CCCC1)(c1ccccc1)c1ccccc1. The highest BCUT2D eigenvalue weighted by molar-refractivity contribution is 7.78. The molecule has 1 aliphatic rings. The number of likely N-dealkylation sites (tertiary alicyclic amines) is 1. The first-order valence-electron chi connectivity index (χ1n) is 7.22. The van der Waals surface area contributed by atoms with E-state index >= 15 is 0 Å². The lowest BCUT2D eigenvalue weighted by molar-refractivity contribution is 0.390. The van der Waals surface area contributed by atoms with Crippen molar-refractivity contribution < 1.29 is 4.57 Å². The third-order valence-corrected chi connectivity index (χ3v) is 7.01. The van der Waals surface area contributed by atoms with Gasteiger partial charge in [-0.05, 0) is 25.9 Å². The summed E-state index contributed by atoms with van der Waals surface area (Å²) in [6.45, 7) is 2.15. The molecule has 3 rings (SSSR count). The predicted octanol–water partition coefficient (Wildman–Crippen LogP) is 3.05. The maximum absolute atomic E-state index is 13.7. The van der Waals surface area contributed by atoms with Gasteiger partial charge < -0.3 is 4.57 Å². The number of rotatable bonds is 4. The van der Waals surface area contributed by atoms with E-state index in [4.69, 9.17) is 0 Å². The minimum atomic E-state index is -2.55. The van der Waals surface area contributed by atoms with Crippen LogP contribution in [0.3, 0.4) is 0 Å². The van der Waals surface area contributed by atoms with Gasteiger partial charge in [0, 0.05) is 10.6 Å². The van der Waals surface area contributed by atoms with E-state index in [0.717, 1.165) is 23.7 Å². The summed E-state index contributed by atoms with van der Waals surface area (Å²) in [5.41, 5.74) is 0. The molecule has 0 aliphatic carbocycles. The van der Waals surface area contributed by atoms with E-state index in [1.807, 2.05) is 60.7 Å². The zero-order chi connectivity index (χ0) is 13.8. The van der Waals surface area contributed by atoms with Gasteiger partial charge in [-0.1, -0.05) is 60.7 Å². The number of nitrogens with zero attached hydrogens (tertiary/aromatic N) is 1. The van der Waals surface area contributed by atoms with Gasteiger partial charge in [0.2, 0.25) is 0 Å². The molecule has 3 heteroatoms. The molecule has 2 nitrogen and oxygen atoms in total. The molecule has 0 spiro atoms. The van der Waals surface area contributed by atoms with Gasteiger partial charge in [-0.25, -0.2) is 0 Å². The molecule has 1 saturated heterocycles. The Balaban J connectivity index is 2.00. The quantitative estimate of drug-likeness (QED) is 0.805. The summed E-state index contributed by atoms with van der Waals surface area (Å²) in [7, 11) is -2.55. The fraction of sp³-hybridized carbons (Fsp3) is 0.294. The topological polar surface area (TPSA) is 20.3 Å². The van der Waals surface area contributed by atoms with Crippen molar-refractivity contribution >= 4 is 17.8 Å². The van der Waals surface area contributed by atoms with Crippen LogP contribution in [0.15, 0.2) is 60.7 Å². The van der Waals surface area contributed by atoms with E-state index in [-0.39, 0.29) is 0 Å². The Morgan fingerprint density at radius 3 is 1.70 bits per heavy atom. The van der Waals surface area contributed by atoms with Crippen molar-refractivity contribution in [2.24, 2.45) is 0 Å². The molecule has 0 saturated carbocycles. The normalized spacial score (nSPS) is 16.4. The maximum atomic E-state index is 13.7. The van der Waals surface area contributed by atoms with Gasteiger partial charge in [0.25, 0.3) is 0 Å². The molecular formula is C17H20NOP. The van der Waals surface area contributed by atoms with Crippen molar-refractivity contribution in [1.29, 1.82) is 0 Å². The lowest BCUT2D eigenvalue weighted by atomic mass is 10.4. The Morgan fingerprint density at radius 2 is 1.25 bits per heavy atom. The fourth-order valence-corrected chi connectivity index (χ4v) is 5.63. The van der Waals surface area contributed by atoms with Gasteiger partial charge in [0.05, 0.1) is 6.29 Å². The van der Waals surface area contributed by atoms with Crippen molar-refractivity contribution in [3.05, 3.63) is 60.7 Å². The van der Waals surface area contributed by atoms with Crippen LogP contribution in [0.4, 0.5) is 0 Å². The second-order valence-electron chi connectivity index (χ2n) is 5.38. The first kappa shape index (κ1) is 13.6. The van der Waals surface area contributed by atoms with Crippen molar-refractivity contribution in [2.45, 2.75) is 12.8 Å². The van der Waals surface area contributed by atoms with Gasteiger partial charge in [-0.2, -0.15) is 0 Å². The number of hydrogen-bond acceptors (Lipinski definition) is 2. The zero-order valence-electron chi connectivity index (χ0n) is 11.6. The van der Waals surface area contributed by atoms with Crippen LogP contribution >= 0.6 is 7.14 Å². The summed E-state index contributed by atoms with van der Waals surface area (Å²) < 4.78 is 13.7. The van der Waals surface area contributed by atoms with Crippen LogP contribution in [-0.2, 0) is 4.57 Å². The molecule has 2 aromatic carbocycles. The van der Waals surface area contributed by atoms with Crippen molar-refractivity contribution in [3.8, 4) is 0 Å². The minimum absolute atomic E-state index is 0.668. The van der Waals surface area contributed by atoms with Crippen molar-refractivity contribution in [1.82, 2.24) is 4.90 Å². The molecular weight excluding hydrogens is 265 g/mol. The van der Waals surface area contributed by atoms with Crippen molar-refractivity contribution in [3.63, 3.8) is 0 Å². The van der Waals surface area contributed by atoms with Gasteiger partial charge >= 0.3 is 0 Å². The summed E-state index contributed by atoms with van der Waals surface area (Å²) in [5.74, 6) is 0. The van der Waals surface area contributed by atoms with Crippen LogP contribution < -0.4 is 10.6 Å². The summed E-state index contributed by atoms with van der Waals surface area (Å²) in [5, 5.41) is 1.94. The molecule has 20 heavy (non-hydrogen) atoms. The van der Waals surface area contributed by atoms with E-state index in [1.165, 1.54) is 12.8 Å². The molecule has 0 bridgehead atoms. The maximum Gasteiger partial charge on any atom is 0.156 e. The molecule has 104 valence electrons. The molecule has 2 aromatic rings. The molecule has 1 fully saturated rings. The Hall–Kier alpha value is -1.37. The molecule has 0 unspecified atom stereocenters. The van der Waals surface area contributed by atoms with Gasteiger partial charge in [-0.3, -0.25) is 4.90 Å².